The molecule has 0 bridgehead atoms. The monoisotopic (exact) mass is 281 g/mol. The summed E-state index contributed by atoms with van der Waals surface area (Å²) in [6, 6.07) is 2.05. The third kappa shape index (κ3) is 2.25. The van der Waals surface area contributed by atoms with Gasteiger partial charge in [0.2, 0.25) is 0 Å². The minimum atomic E-state index is 0.0734. The highest BCUT2D eigenvalue weighted by molar-refractivity contribution is 6.31. The van der Waals surface area contributed by atoms with E-state index in [4.69, 9.17) is 22.1 Å². The van der Waals surface area contributed by atoms with Gasteiger partial charge >= 0.3 is 0 Å². The van der Waals surface area contributed by atoms with Crippen molar-refractivity contribution in [2.45, 2.75) is 51.4 Å². The van der Waals surface area contributed by atoms with E-state index in [1.807, 2.05) is 6.07 Å². The molecule has 1 saturated carbocycles. The van der Waals surface area contributed by atoms with E-state index in [0.717, 1.165) is 29.2 Å². The molecule has 1 aromatic rings. The highest BCUT2D eigenvalue weighted by atomic mass is 35.5. The lowest BCUT2D eigenvalue weighted by atomic mass is 9.62. The van der Waals surface area contributed by atoms with E-state index >= 15 is 0 Å². The molecule has 0 atom stereocenters. The quantitative estimate of drug-likeness (QED) is 0.899. The Hall–Kier alpha value is -0.730. The second kappa shape index (κ2) is 5.34. The van der Waals surface area contributed by atoms with Crippen LogP contribution in [0.1, 0.15) is 55.7 Å². The van der Waals surface area contributed by atoms with Crippen LogP contribution in [-0.4, -0.2) is 13.7 Å². The van der Waals surface area contributed by atoms with Gasteiger partial charge in [0, 0.05) is 22.5 Å². The number of hydrogen-bond acceptors (Lipinski definition) is 2. The Morgan fingerprint density at radius 2 is 2.05 bits per heavy atom. The lowest BCUT2D eigenvalue weighted by Gasteiger charge is -2.43. The number of nitrogens with two attached hydrogens (primary N) is 1. The molecule has 0 aliphatic heterocycles. The summed E-state index contributed by atoms with van der Waals surface area (Å²) in [6.45, 7) is 7.09. The minimum absolute atomic E-state index is 0.0734. The van der Waals surface area contributed by atoms with Gasteiger partial charge < -0.3 is 10.5 Å². The molecular weight excluding hydrogens is 258 g/mol. The predicted molar refractivity (Wildman–Crippen MR) is 81.4 cm³/mol. The molecular formula is C16H24ClNO. The first-order chi connectivity index (χ1) is 8.96. The third-order valence-corrected chi connectivity index (χ3v) is 4.96. The normalized spacial score (nSPS) is 17.4. The summed E-state index contributed by atoms with van der Waals surface area (Å²) < 4.78 is 5.74. The van der Waals surface area contributed by atoms with E-state index in [-0.39, 0.29) is 5.41 Å². The van der Waals surface area contributed by atoms with Gasteiger partial charge in [0.25, 0.3) is 0 Å². The molecule has 2 N–H and O–H groups in total. The van der Waals surface area contributed by atoms with Crippen molar-refractivity contribution < 1.29 is 4.74 Å². The zero-order valence-corrected chi connectivity index (χ0v) is 13.1. The first-order valence-corrected chi connectivity index (χ1v) is 7.42. The maximum absolute atomic E-state index is 6.44. The van der Waals surface area contributed by atoms with Crippen LogP contribution in [0.5, 0.6) is 5.75 Å². The van der Waals surface area contributed by atoms with Gasteiger partial charge in [-0.3, -0.25) is 0 Å². The van der Waals surface area contributed by atoms with Crippen molar-refractivity contribution in [1.82, 2.24) is 0 Å². The molecule has 1 fully saturated rings. The van der Waals surface area contributed by atoms with Gasteiger partial charge in [-0.05, 0) is 42.9 Å². The van der Waals surface area contributed by atoms with E-state index < -0.39 is 0 Å². The van der Waals surface area contributed by atoms with Crippen LogP contribution < -0.4 is 10.5 Å². The lowest BCUT2D eigenvalue weighted by molar-refractivity contribution is 0.241. The summed E-state index contributed by atoms with van der Waals surface area (Å²) in [7, 11) is 1.75. The van der Waals surface area contributed by atoms with E-state index in [9.17, 15) is 0 Å². The molecule has 1 aliphatic carbocycles. The van der Waals surface area contributed by atoms with Crippen LogP contribution >= 0.6 is 11.6 Å². The molecule has 1 aliphatic rings. The van der Waals surface area contributed by atoms with Crippen LogP contribution in [0.2, 0.25) is 5.02 Å². The van der Waals surface area contributed by atoms with Crippen LogP contribution in [0.3, 0.4) is 0 Å². The average Bonchev–Trinajstić information content (AvgIpc) is 2.33. The lowest BCUT2D eigenvalue weighted by Crippen LogP contribution is -2.42. The molecule has 2 rings (SSSR count). The van der Waals surface area contributed by atoms with Crippen molar-refractivity contribution in [1.29, 1.82) is 0 Å². The molecule has 0 aromatic heterocycles. The van der Waals surface area contributed by atoms with Crippen molar-refractivity contribution in [2.75, 3.05) is 13.7 Å². The van der Waals surface area contributed by atoms with E-state index in [2.05, 4.69) is 20.8 Å². The summed E-state index contributed by atoms with van der Waals surface area (Å²) in [5.41, 5.74) is 9.71. The molecule has 1 aromatic carbocycles. The smallest absolute Gasteiger partial charge is 0.126 e. The van der Waals surface area contributed by atoms with Gasteiger partial charge in [0.1, 0.15) is 5.75 Å². The van der Waals surface area contributed by atoms with Gasteiger partial charge in [-0.2, -0.15) is 0 Å². The summed E-state index contributed by atoms with van der Waals surface area (Å²) in [5, 5.41) is 0.833. The number of benzene rings is 1. The Bertz CT molecular complexity index is 473. The Morgan fingerprint density at radius 3 is 2.42 bits per heavy atom. The van der Waals surface area contributed by atoms with E-state index in [0.29, 0.717) is 12.5 Å². The number of hydrogen-bond donors (Lipinski definition) is 1. The van der Waals surface area contributed by atoms with Crippen molar-refractivity contribution in [3.8, 4) is 5.75 Å². The molecule has 0 unspecified atom stereocenters. The second-order valence-electron chi connectivity index (χ2n) is 5.97. The van der Waals surface area contributed by atoms with Gasteiger partial charge in [-0.15, -0.1) is 0 Å². The highest BCUT2D eigenvalue weighted by Gasteiger charge is 2.41. The van der Waals surface area contributed by atoms with E-state index in [1.165, 1.54) is 17.5 Å². The Balaban J connectivity index is 2.70. The topological polar surface area (TPSA) is 35.2 Å². The number of methoxy groups -OCH3 is 1. The molecule has 0 saturated heterocycles. The Labute approximate surface area is 121 Å². The van der Waals surface area contributed by atoms with Crippen molar-refractivity contribution in [3.63, 3.8) is 0 Å². The van der Waals surface area contributed by atoms with Crippen LogP contribution in [0.25, 0.3) is 0 Å². The summed E-state index contributed by atoms with van der Waals surface area (Å²) >= 11 is 6.44. The fourth-order valence-corrected chi connectivity index (χ4v) is 3.40. The number of halogens is 1. The molecule has 19 heavy (non-hydrogen) atoms. The summed E-state index contributed by atoms with van der Waals surface area (Å²) in [5.74, 6) is 1.39. The number of ether oxygens (including phenoxy) is 1. The maximum atomic E-state index is 6.44. The van der Waals surface area contributed by atoms with Crippen molar-refractivity contribution >= 4 is 11.6 Å². The minimum Gasteiger partial charge on any atom is -0.496 e. The molecule has 0 spiro atoms. The Morgan fingerprint density at radius 1 is 1.42 bits per heavy atom. The SMILES string of the molecule is COc1c(C(C)C)cc(Cl)c(C)c1C1(CN)CCC1. The van der Waals surface area contributed by atoms with E-state index in [1.54, 1.807) is 7.11 Å². The van der Waals surface area contributed by atoms with Crippen molar-refractivity contribution in [3.05, 3.63) is 27.8 Å². The first-order valence-electron chi connectivity index (χ1n) is 7.04. The molecule has 2 nitrogen and oxygen atoms in total. The Kier molecular flexibility index (Phi) is 4.12. The molecule has 0 heterocycles. The van der Waals surface area contributed by atoms with Gasteiger partial charge in [0.05, 0.1) is 7.11 Å². The first kappa shape index (κ1) is 14.7. The highest BCUT2D eigenvalue weighted by Crippen LogP contribution is 2.51. The molecule has 0 amide bonds. The second-order valence-corrected chi connectivity index (χ2v) is 6.38. The summed E-state index contributed by atoms with van der Waals surface area (Å²) in [6.07, 6.45) is 3.51. The third-order valence-electron chi connectivity index (χ3n) is 4.56. The van der Waals surface area contributed by atoms with Crippen LogP contribution in [-0.2, 0) is 5.41 Å². The predicted octanol–water partition coefficient (Wildman–Crippen LogP) is 4.16. The van der Waals surface area contributed by atoms with Crippen molar-refractivity contribution in [2.24, 2.45) is 5.73 Å². The summed E-state index contributed by atoms with van der Waals surface area (Å²) in [4.78, 5) is 0. The van der Waals surface area contributed by atoms with Crippen LogP contribution in [0.4, 0.5) is 0 Å². The van der Waals surface area contributed by atoms with Crippen LogP contribution in [0, 0.1) is 6.92 Å². The molecule has 0 radical (unpaired) electrons. The van der Waals surface area contributed by atoms with Gasteiger partial charge in [-0.1, -0.05) is 31.9 Å². The standard InChI is InChI=1S/C16H24ClNO/c1-10(2)12-8-13(17)11(3)14(15(12)19-4)16(9-18)6-5-7-16/h8,10H,5-7,9,18H2,1-4H3. The fraction of sp³-hybridized carbons (Fsp3) is 0.625. The van der Waals surface area contributed by atoms with Gasteiger partial charge in [0.15, 0.2) is 0 Å². The van der Waals surface area contributed by atoms with Crippen LogP contribution in [0.15, 0.2) is 6.07 Å². The molecule has 106 valence electrons. The maximum Gasteiger partial charge on any atom is 0.126 e. The average molecular weight is 282 g/mol. The largest absolute Gasteiger partial charge is 0.496 e. The zero-order chi connectivity index (χ0) is 14.2. The zero-order valence-electron chi connectivity index (χ0n) is 12.3. The fourth-order valence-electron chi connectivity index (χ4n) is 3.19. The van der Waals surface area contributed by atoms with Gasteiger partial charge in [-0.25, -0.2) is 0 Å². The number of rotatable bonds is 4. The molecule has 3 heteroatoms.